The first-order valence-electron chi connectivity index (χ1n) is 6.77. The van der Waals surface area contributed by atoms with Gasteiger partial charge < -0.3 is 10.4 Å². The van der Waals surface area contributed by atoms with Gasteiger partial charge >= 0.3 is 0 Å². The SMILES string of the molecule is CC(C)CNCC(C)(O)Cc1ccn(C(C)C)n1. The van der Waals surface area contributed by atoms with E-state index in [1.54, 1.807) is 0 Å². The summed E-state index contributed by atoms with van der Waals surface area (Å²) < 4.78 is 1.92. The van der Waals surface area contributed by atoms with Crippen molar-refractivity contribution in [3.8, 4) is 0 Å². The smallest absolute Gasteiger partial charge is 0.0799 e. The maximum Gasteiger partial charge on any atom is 0.0799 e. The zero-order chi connectivity index (χ0) is 13.8. The Kier molecular flexibility index (Phi) is 5.35. The first-order valence-corrected chi connectivity index (χ1v) is 6.77. The van der Waals surface area contributed by atoms with E-state index >= 15 is 0 Å². The van der Waals surface area contributed by atoms with Crippen LogP contribution < -0.4 is 5.32 Å². The van der Waals surface area contributed by atoms with E-state index in [-0.39, 0.29) is 0 Å². The summed E-state index contributed by atoms with van der Waals surface area (Å²) in [5.74, 6) is 0.598. The first kappa shape index (κ1) is 15.2. The summed E-state index contributed by atoms with van der Waals surface area (Å²) in [6.45, 7) is 11.9. The van der Waals surface area contributed by atoms with Crippen molar-refractivity contribution in [1.82, 2.24) is 15.1 Å². The predicted molar refractivity (Wildman–Crippen MR) is 74.6 cm³/mol. The number of nitrogens with zero attached hydrogens (tertiary/aromatic N) is 2. The Hall–Kier alpha value is -0.870. The molecule has 1 atom stereocenters. The molecule has 104 valence electrons. The maximum absolute atomic E-state index is 10.3. The van der Waals surface area contributed by atoms with Crippen LogP contribution in [0.25, 0.3) is 0 Å². The highest BCUT2D eigenvalue weighted by atomic mass is 16.3. The number of aromatic nitrogens is 2. The molecule has 1 aromatic heterocycles. The molecule has 18 heavy (non-hydrogen) atoms. The summed E-state index contributed by atoms with van der Waals surface area (Å²) >= 11 is 0. The average Bonchev–Trinajstić information content (AvgIpc) is 2.64. The molecule has 4 heteroatoms. The van der Waals surface area contributed by atoms with Crippen LogP contribution in [0.15, 0.2) is 12.3 Å². The minimum Gasteiger partial charge on any atom is -0.388 e. The van der Waals surface area contributed by atoms with Crippen molar-refractivity contribution in [2.24, 2.45) is 5.92 Å². The zero-order valence-corrected chi connectivity index (χ0v) is 12.3. The molecule has 0 aromatic carbocycles. The van der Waals surface area contributed by atoms with E-state index in [4.69, 9.17) is 0 Å². The van der Waals surface area contributed by atoms with Gasteiger partial charge in [0.1, 0.15) is 0 Å². The summed E-state index contributed by atoms with van der Waals surface area (Å²) in [6, 6.07) is 2.35. The lowest BCUT2D eigenvalue weighted by Gasteiger charge is -2.23. The molecular formula is C14H27N3O. The third kappa shape index (κ3) is 5.19. The molecule has 0 spiro atoms. The van der Waals surface area contributed by atoms with Crippen LogP contribution in [0.5, 0.6) is 0 Å². The van der Waals surface area contributed by atoms with Gasteiger partial charge in [0.05, 0.1) is 11.3 Å². The second kappa shape index (κ2) is 6.34. The lowest BCUT2D eigenvalue weighted by molar-refractivity contribution is 0.0584. The van der Waals surface area contributed by atoms with Gasteiger partial charge in [0.2, 0.25) is 0 Å². The predicted octanol–water partition coefficient (Wildman–Crippen LogP) is 2.00. The van der Waals surface area contributed by atoms with E-state index < -0.39 is 5.60 Å². The van der Waals surface area contributed by atoms with Gasteiger partial charge in [0, 0.05) is 25.2 Å². The maximum atomic E-state index is 10.3. The van der Waals surface area contributed by atoms with Crippen LogP contribution in [0.4, 0.5) is 0 Å². The minimum atomic E-state index is -0.745. The lowest BCUT2D eigenvalue weighted by Crippen LogP contribution is -2.41. The third-order valence-electron chi connectivity index (χ3n) is 2.81. The molecule has 1 heterocycles. The highest BCUT2D eigenvalue weighted by Crippen LogP contribution is 2.12. The molecule has 0 amide bonds. The number of nitrogens with one attached hydrogen (secondary N) is 1. The van der Waals surface area contributed by atoms with Crippen LogP contribution in [0.2, 0.25) is 0 Å². The summed E-state index contributed by atoms with van der Waals surface area (Å²) in [4.78, 5) is 0. The second-order valence-electron chi connectivity index (χ2n) is 6.08. The number of hydrogen-bond donors (Lipinski definition) is 2. The molecule has 2 N–H and O–H groups in total. The van der Waals surface area contributed by atoms with Crippen LogP contribution in [0, 0.1) is 5.92 Å². The van der Waals surface area contributed by atoms with Gasteiger partial charge in [-0.25, -0.2) is 0 Å². The Morgan fingerprint density at radius 3 is 2.56 bits per heavy atom. The lowest BCUT2D eigenvalue weighted by atomic mass is 10.00. The van der Waals surface area contributed by atoms with Crippen LogP contribution in [0.1, 0.15) is 46.4 Å². The van der Waals surface area contributed by atoms with Gasteiger partial charge in [-0.2, -0.15) is 5.10 Å². The molecule has 0 radical (unpaired) electrons. The molecule has 1 aromatic rings. The largest absolute Gasteiger partial charge is 0.388 e. The van der Waals surface area contributed by atoms with Crippen LogP contribution >= 0.6 is 0 Å². The Morgan fingerprint density at radius 2 is 2.06 bits per heavy atom. The molecule has 0 aliphatic carbocycles. The highest BCUT2D eigenvalue weighted by Gasteiger charge is 2.22. The van der Waals surface area contributed by atoms with Gasteiger partial charge in [-0.05, 0) is 39.3 Å². The van der Waals surface area contributed by atoms with Crippen LogP contribution in [-0.4, -0.2) is 33.6 Å². The molecular weight excluding hydrogens is 226 g/mol. The van der Waals surface area contributed by atoms with Gasteiger partial charge in [-0.1, -0.05) is 13.8 Å². The molecule has 0 fully saturated rings. The summed E-state index contributed by atoms with van der Waals surface area (Å²) in [5.41, 5.74) is 0.200. The van der Waals surface area contributed by atoms with E-state index in [2.05, 4.69) is 38.1 Å². The highest BCUT2D eigenvalue weighted by molar-refractivity contribution is 5.04. The quantitative estimate of drug-likeness (QED) is 0.781. The number of hydrogen-bond acceptors (Lipinski definition) is 3. The third-order valence-corrected chi connectivity index (χ3v) is 2.81. The topological polar surface area (TPSA) is 50.1 Å². The van der Waals surface area contributed by atoms with E-state index in [0.29, 0.717) is 24.9 Å². The second-order valence-corrected chi connectivity index (χ2v) is 6.08. The summed E-state index contributed by atoms with van der Waals surface area (Å²) in [7, 11) is 0. The van der Waals surface area contributed by atoms with Gasteiger partial charge in [-0.3, -0.25) is 4.68 Å². The van der Waals surface area contributed by atoms with Crippen molar-refractivity contribution < 1.29 is 5.11 Å². The molecule has 0 saturated heterocycles. The van der Waals surface area contributed by atoms with Crippen molar-refractivity contribution in [3.63, 3.8) is 0 Å². The normalized spacial score (nSPS) is 15.3. The van der Waals surface area contributed by atoms with Gasteiger partial charge in [-0.15, -0.1) is 0 Å². The number of rotatable bonds is 7. The fourth-order valence-corrected chi connectivity index (χ4v) is 1.84. The Balaban J connectivity index is 2.48. The van der Waals surface area contributed by atoms with Gasteiger partial charge in [0.15, 0.2) is 0 Å². The minimum absolute atomic E-state index is 0.364. The molecule has 1 unspecified atom stereocenters. The van der Waals surface area contributed by atoms with Crippen molar-refractivity contribution in [1.29, 1.82) is 0 Å². The number of aliphatic hydroxyl groups is 1. The average molecular weight is 253 g/mol. The first-order chi connectivity index (χ1) is 8.30. The van der Waals surface area contributed by atoms with Crippen molar-refractivity contribution >= 4 is 0 Å². The molecule has 0 aliphatic heterocycles. The van der Waals surface area contributed by atoms with Crippen LogP contribution in [0.3, 0.4) is 0 Å². The summed E-state index contributed by atoms with van der Waals surface area (Å²) in [6.07, 6.45) is 2.55. The fraction of sp³-hybridized carbons (Fsp3) is 0.786. The van der Waals surface area contributed by atoms with Crippen molar-refractivity contribution in [2.75, 3.05) is 13.1 Å². The Labute approximate surface area is 110 Å². The molecule has 0 bridgehead atoms. The molecule has 1 rings (SSSR count). The van der Waals surface area contributed by atoms with Gasteiger partial charge in [0.25, 0.3) is 0 Å². The zero-order valence-electron chi connectivity index (χ0n) is 12.3. The van der Waals surface area contributed by atoms with E-state index in [1.807, 2.05) is 23.9 Å². The van der Waals surface area contributed by atoms with Crippen molar-refractivity contribution in [2.45, 2.75) is 52.7 Å². The molecule has 0 saturated carbocycles. The van der Waals surface area contributed by atoms with E-state index in [1.165, 1.54) is 0 Å². The fourth-order valence-electron chi connectivity index (χ4n) is 1.84. The van der Waals surface area contributed by atoms with E-state index in [0.717, 1.165) is 12.2 Å². The van der Waals surface area contributed by atoms with Crippen LogP contribution in [-0.2, 0) is 6.42 Å². The monoisotopic (exact) mass is 253 g/mol. The molecule has 0 aliphatic rings. The standard InChI is InChI=1S/C14H27N3O/c1-11(2)9-15-10-14(5,18)8-13-6-7-17(16-13)12(3)4/h6-7,11-12,15,18H,8-10H2,1-5H3. The molecule has 4 nitrogen and oxygen atoms in total. The Morgan fingerprint density at radius 1 is 1.39 bits per heavy atom. The van der Waals surface area contributed by atoms with Crippen molar-refractivity contribution in [3.05, 3.63) is 18.0 Å². The Bertz CT molecular complexity index is 356. The van der Waals surface area contributed by atoms with E-state index in [9.17, 15) is 5.11 Å². The summed E-state index contributed by atoms with van der Waals surface area (Å²) in [5, 5.41) is 18.1.